The highest BCUT2D eigenvalue weighted by Crippen LogP contribution is 2.22. The predicted octanol–water partition coefficient (Wildman–Crippen LogP) is 4.58. The standard InChI is InChI=1S/C11H16.C10H9ClN4O2.2CH2O/c1-9-5-7-10(8-6-9)11(2,3)4;1-12-8-2-7(11)4-13-9(8)15-5-6(3-14-15)10(16)17;2*1-2/h5-8H,1-4H3;2-5,12H,1H3,(H,16,17);2*1H2. The lowest BCUT2D eigenvalue weighted by Crippen LogP contribution is -2.10. The molecule has 0 bridgehead atoms. The molecule has 0 amide bonds. The number of aromatic carboxylic acids is 1. The second-order valence-corrected chi connectivity index (χ2v) is 7.81. The van der Waals surface area contributed by atoms with Gasteiger partial charge >= 0.3 is 5.97 Å². The van der Waals surface area contributed by atoms with Crippen LogP contribution in [-0.2, 0) is 15.0 Å². The van der Waals surface area contributed by atoms with Crippen molar-refractivity contribution in [2.45, 2.75) is 33.1 Å². The van der Waals surface area contributed by atoms with Crippen LogP contribution in [-0.4, -0.2) is 46.5 Å². The van der Waals surface area contributed by atoms with E-state index in [2.05, 4.69) is 67.4 Å². The summed E-state index contributed by atoms with van der Waals surface area (Å²) in [6.45, 7) is 12.8. The van der Waals surface area contributed by atoms with Crippen molar-refractivity contribution in [2.24, 2.45) is 0 Å². The minimum atomic E-state index is -1.03. The number of pyridine rings is 1. The van der Waals surface area contributed by atoms with Crippen molar-refractivity contribution in [2.75, 3.05) is 12.4 Å². The maximum Gasteiger partial charge on any atom is 0.338 e. The number of carbonyl (C=O) groups is 3. The van der Waals surface area contributed by atoms with Gasteiger partial charge in [-0.1, -0.05) is 62.2 Å². The number of halogens is 1. The van der Waals surface area contributed by atoms with Crippen molar-refractivity contribution < 1.29 is 19.5 Å². The number of anilines is 1. The van der Waals surface area contributed by atoms with Gasteiger partial charge in [0.15, 0.2) is 5.82 Å². The van der Waals surface area contributed by atoms with Crippen LogP contribution in [0.15, 0.2) is 48.9 Å². The highest BCUT2D eigenvalue weighted by molar-refractivity contribution is 6.30. The van der Waals surface area contributed by atoms with E-state index in [1.807, 2.05) is 13.6 Å². The molecule has 0 fully saturated rings. The van der Waals surface area contributed by atoms with E-state index in [0.29, 0.717) is 16.5 Å². The molecule has 0 aliphatic heterocycles. The van der Waals surface area contributed by atoms with Crippen LogP contribution in [0.1, 0.15) is 42.3 Å². The first kappa shape index (κ1) is 28.5. The molecule has 8 nitrogen and oxygen atoms in total. The first-order valence-corrected chi connectivity index (χ1v) is 9.76. The molecule has 0 aliphatic carbocycles. The predicted molar refractivity (Wildman–Crippen MR) is 127 cm³/mol. The van der Waals surface area contributed by atoms with Crippen LogP contribution < -0.4 is 5.32 Å². The largest absolute Gasteiger partial charge is 0.478 e. The number of nitrogens with zero attached hydrogens (tertiary/aromatic N) is 3. The zero-order chi connectivity index (χ0) is 24.9. The number of hydrogen-bond donors (Lipinski definition) is 2. The Bertz CT molecular complexity index is 980. The molecule has 172 valence electrons. The van der Waals surface area contributed by atoms with Crippen LogP contribution in [0.2, 0.25) is 5.02 Å². The third-order valence-corrected chi connectivity index (χ3v) is 4.27. The Morgan fingerprint density at radius 2 is 1.66 bits per heavy atom. The highest BCUT2D eigenvalue weighted by atomic mass is 35.5. The van der Waals surface area contributed by atoms with Crippen molar-refractivity contribution in [1.82, 2.24) is 14.8 Å². The molecule has 0 aliphatic rings. The Hall–Kier alpha value is -3.52. The Balaban J connectivity index is 0.000000555. The summed E-state index contributed by atoms with van der Waals surface area (Å²) in [5.74, 6) is -0.541. The van der Waals surface area contributed by atoms with Gasteiger partial charge in [0.2, 0.25) is 0 Å². The second kappa shape index (κ2) is 13.7. The summed E-state index contributed by atoms with van der Waals surface area (Å²) in [6, 6.07) is 10.4. The molecular weight excluding hydrogens is 432 g/mol. The number of benzene rings is 1. The number of carboxylic acids is 1. The third kappa shape index (κ3) is 8.69. The van der Waals surface area contributed by atoms with E-state index in [0.717, 1.165) is 0 Å². The van der Waals surface area contributed by atoms with E-state index < -0.39 is 5.97 Å². The SMILES string of the molecule is C=O.C=O.CNc1cc(Cl)cnc1-n1cc(C(=O)O)cn1.Cc1ccc(C(C)(C)C)cc1. The first-order valence-electron chi connectivity index (χ1n) is 9.38. The van der Waals surface area contributed by atoms with Gasteiger partial charge < -0.3 is 20.0 Å². The van der Waals surface area contributed by atoms with Crippen LogP contribution in [0.25, 0.3) is 5.82 Å². The fourth-order valence-electron chi connectivity index (χ4n) is 2.40. The van der Waals surface area contributed by atoms with Crippen molar-refractivity contribution in [3.05, 3.63) is 70.6 Å². The molecule has 9 heteroatoms. The summed E-state index contributed by atoms with van der Waals surface area (Å²) in [5, 5.41) is 16.1. The molecule has 32 heavy (non-hydrogen) atoms. The molecule has 1 aromatic carbocycles. The number of hydrogen-bond acceptors (Lipinski definition) is 6. The summed E-state index contributed by atoms with van der Waals surface area (Å²) in [5.41, 5.74) is 3.79. The van der Waals surface area contributed by atoms with Gasteiger partial charge in [-0.3, -0.25) is 0 Å². The summed E-state index contributed by atoms with van der Waals surface area (Å²) in [6.07, 6.45) is 4.12. The lowest BCUT2D eigenvalue weighted by molar-refractivity contribution is -0.0987. The van der Waals surface area contributed by atoms with Gasteiger partial charge in [-0.15, -0.1) is 0 Å². The van der Waals surface area contributed by atoms with Crippen molar-refractivity contribution >= 4 is 36.8 Å². The van der Waals surface area contributed by atoms with Crippen LogP contribution in [0, 0.1) is 6.92 Å². The summed E-state index contributed by atoms with van der Waals surface area (Å²) < 4.78 is 1.38. The van der Waals surface area contributed by atoms with Crippen LogP contribution in [0.3, 0.4) is 0 Å². The molecule has 3 rings (SSSR count). The topological polar surface area (TPSA) is 114 Å². The Morgan fingerprint density at radius 3 is 2.09 bits per heavy atom. The normalized spacial score (nSPS) is 9.69. The Labute approximate surface area is 193 Å². The molecule has 0 spiro atoms. The smallest absolute Gasteiger partial charge is 0.338 e. The number of carboxylic acid groups (broad SMARTS) is 1. The molecule has 0 saturated heterocycles. The summed E-state index contributed by atoms with van der Waals surface area (Å²) >= 11 is 5.81. The van der Waals surface area contributed by atoms with Crippen LogP contribution >= 0.6 is 11.6 Å². The highest BCUT2D eigenvalue weighted by Gasteiger charge is 2.12. The second-order valence-electron chi connectivity index (χ2n) is 7.37. The average molecular weight is 461 g/mol. The first-order chi connectivity index (χ1) is 15.1. The van der Waals surface area contributed by atoms with Gasteiger partial charge in [-0.2, -0.15) is 5.10 Å². The summed E-state index contributed by atoms with van der Waals surface area (Å²) in [7, 11) is 1.72. The lowest BCUT2D eigenvalue weighted by atomic mass is 9.87. The van der Waals surface area contributed by atoms with Crippen LogP contribution in [0.4, 0.5) is 5.69 Å². The minimum Gasteiger partial charge on any atom is -0.478 e. The van der Waals surface area contributed by atoms with Gasteiger partial charge in [-0.25, -0.2) is 14.5 Å². The quantitative estimate of drug-likeness (QED) is 0.587. The monoisotopic (exact) mass is 460 g/mol. The fraction of sp³-hybridized carbons (Fsp3) is 0.261. The van der Waals surface area contributed by atoms with Gasteiger partial charge in [-0.05, 0) is 24.0 Å². The van der Waals surface area contributed by atoms with E-state index in [1.165, 1.54) is 34.4 Å². The number of nitrogens with one attached hydrogen (secondary N) is 1. The average Bonchev–Trinajstić information content (AvgIpc) is 3.27. The maximum atomic E-state index is 10.7. The Morgan fingerprint density at radius 1 is 1.09 bits per heavy atom. The zero-order valence-electron chi connectivity index (χ0n) is 18.9. The van der Waals surface area contributed by atoms with E-state index in [9.17, 15) is 4.79 Å². The lowest BCUT2D eigenvalue weighted by Gasteiger charge is -2.18. The fourth-order valence-corrected chi connectivity index (χ4v) is 2.56. The Kier molecular flexibility index (Phi) is 12.2. The summed E-state index contributed by atoms with van der Waals surface area (Å²) in [4.78, 5) is 30.8. The molecule has 2 heterocycles. The molecular formula is C23H29ClN4O4. The van der Waals surface area contributed by atoms with E-state index in [4.69, 9.17) is 26.3 Å². The van der Waals surface area contributed by atoms with Gasteiger partial charge in [0.25, 0.3) is 0 Å². The molecule has 3 aromatic rings. The molecule has 0 atom stereocenters. The van der Waals surface area contributed by atoms with Gasteiger partial charge in [0.1, 0.15) is 13.6 Å². The number of rotatable bonds is 3. The molecule has 0 unspecified atom stereocenters. The molecule has 0 saturated carbocycles. The van der Waals surface area contributed by atoms with E-state index >= 15 is 0 Å². The van der Waals surface area contributed by atoms with E-state index in [1.54, 1.807) is 13.1 Å². The van der Waals surface area contributed by atoms with Crippen LogP contribution in [0.5, 0.6) is 0 Å². The van der Waals surface area contributed by atoms with Crippen molar-refractivity contribution in [3.8, 4) is 5.82 Å². The van der Waals surface area contributed by atoms with Crippen molar-refractivity contribution in [1.29, 1.82) is 0 Å². The molecule has 2 N–H and O–H groups in total. The molecule has 2 aromatic heterocycles. The maximum absolute atomic E-state index is 10.7. The zero-order valence-corrected chi connectivity index (χ0v) is 19.7. The third-order valence-electron chi connectivity index (χ3n) is 4.07. The minimum absolute atomic E-state index is 0.101. The number of aromatic nitrogens is 3. The van der Waals surface area contributed by atoms with Crippen molar-refractivity contribution in [3.63, 3.8) is 0 Å². The van der Waals surface area contributed by atoms with Gasteiger partial charge in [0, 0.05) is 19.4 Å². The number of aryl methyl sites for hydroxylation is 1. The van der Waals surface area contributed by atoms with E-state index in [-0.39, 0.29) is 11.0 Å². The van der Waals surface area contributed by atoms with Gasteiger partial charge in [0.05, 0.1) is 22.5 Å². The number of carbonyl (C=O) groups excluding carboxylic acids is 2. The molecule has 0 radical (unpaired) electrons.